The predicted molar refractivity (Wildman–Crippen MR) is 42.7 cm³/mol. The van der Waals surface area contributed by atoms with Gasteiger partial charge >= 0.3 is 0 Å². The van der Waals surface area contributed by atoms with Gasteiger partial charge in [-0.05, 0) is 20.6 Å². The van der Waals surface area contributed by atoms with Crippen LogP contribution in [0, 0.1) is 0 Å². The maximum absolute atomic E-state index is 8.00. The molecule has 0 unspecified atom stereocenters. The van der Waals surface area contributed by atoms with E-state index in [0.717, 1.165) is 6.54 Å². The fourth-order valence-electron chi connectivity index (χ4n) is 0. The quantitative estimate of drug-likeness (QED) is 0.539. The number of nitrogens with zero attached hydrogens (tertiary/aromatic N) is 1. The minimum Gasteiger partial charge on any atom is -0.310 e. The van der Waals surface area contributed by atoms with Crippen molar-refractivity contribution in [3.8, 4) is 0 Å². The molecule has 0 aromatic rings. The number of carbonyl (C=O) groups is 1. The lowest BCUT2D eigenvalue weighted by Gasteiger charge is -2.00. The lowest BCUT2D eigenvalue weighted by Crippen LogP contribution is -2.08. The van der Waals surface area contributed by atoms with Crippen molar-refractivity contribution in [1.29, 1.82) is 0 Å². The highest BCUT2D eigenvalue weighted by Gasteiger charge is 1.72. The van der Waals surface area contributed by atoms with Gasteiger partial charge in [0, 0.05) is 0 Å². The van der Waals surface area contributed by atoms with Crippen LogP contribution in [0.3, 0.4) is 0 Å². The van der Waals surface area contributed by atoms with Crippen molar-refractivity contribution in [2.75, 3.05) is 20.6 Å². The van der Waals surface area contributed by atoms with Crippen LogP contribution in [0.2, 0.25) is 0 Å². The molecule has 0 N–H and O–H groups in total. The van der Waals surface area contributed by atoms with Gasteiger partial charge in [0.1, 0.15) is 6.79 Å². The first-order chi connectivity index (χ1) is 4.27. The summed E-state index contributed by atoms with van der Waals surface area (Å²) in [6.45, 7) is 9.26. The van der Waals surface area contributed by atoms with Crippen molar-refractivity contribution < 1.29 is 4.79 Å². The van der Waals surface area contributed by atoms with Crippen molar-refractivity contribution in [3.63, 3.8) is 0 Å². The van der Waals surface area contributed by atoms with Crippen LogP contribution < -0.4 is 0 Å². The molecule has 9 heavy (non-hydrogen) atoms. The summed E-state index contributed by atoms with van der Waals surface area (Å²) >= 11 is 0. The third-order valence-electron chi connectivity index (χ3n) is 0.632. The van der Waals surface area contributed by atoms with Crippen molar-refractivity contribution in [3.05, 3.63) is 0 Å². The molecule has 0 aliphatic heterocycles. The average molecular weight is 133 g/mol. The second-order valence-corrected chi connectivity index (χ2v) is 1.40. The van der Waals surface area contributed by atoms with Gasteiger partial charge in [-0.3, -0.25) is 0 Å². The number of rotatable bonds is 1. The van der Waals surface area contributed by atoms with Crippen molar-refractivity contribution in [2.45, 2.75) is 20.8 Å². The third kappa shape index (κ3) is 91.0. The zero-order valence-corrected chi connectivity index (χ0v) is 7.27. The SMILES string of the molecule is C=O.CC.CCN(C)C. The molecule has 0 amide bonds. The Bertz CT molecular complexity index is 30.1. The molecule has 0 heterocycles. The van der Waals surface area contributed by atoms with Crippen LogP contribution in [-0.2, 0) is 4.79 Å². The van der Waals surface area contributed by atoms with E-state index in [1.54, 1.807) is 0 Å². The first-order valence-electron chi connectivity index (χ1n) is 3.21. The summed E-state index contributed by atoms with van der Waals surface area (Å²) in [6, 6.07) is 0. The van der Waals surface area contributed by atoms with Crippen LogP contribution in [0.5, 0.6) is 0 Å². The maximum Gasteiger partial charge on any atom is 0.106 e. The lowest BCUT2D eigenvalue weighted by molar-refractivity contribution is -0.0979. The third-order valence-corrected chi connectivity index (χ3v) is 0.632. The molecule has 0 aromatic carbocycles. The van der Waals surface area contributed by atoms with E-state index in [4.69, 9.17) is 4.79 Å². The Morgan fingerprint density at radius 2 is 1.33 bits per heavy atom. The Morgan fingerprint density at radius 3 is 1.33 bits per heavy atom. The topological polar surface area (TPSA) is 20.3 Å². The summed E-state index contributed by atoms with van der Waals surface area (Å²) in [4.78, 5) is 10.1. The summed E-state index contributed by atoms with van der Waals surface area (Å²) in [5.41, 5.74) is 0. The summed E-state index contributed by atoms with van der Waals surface area (Å²) in [5, 5.41) is 0. The molecular weight excluding hydrogens is 114 g/mol. The average Bonchev–Trinajstić information content (AvgIpc) is 1.97. The normalized spacial score (nSPS) is 6.44. The lowest BCUT2D eigenvalue weighted by atomic mass is 10.7. The largest absolute Gasteiger partial charge is 0.310 e. The number of hydrogen-bond donors (Lipinski definition) is 0. The van der Waals surface area contributed by atoms with Gasteiger partial charge in [0.15, 0.2) is 0 Å². The van der Waals surface area contributed by atoms with Crippen molar-refractivity contribution >= 4 is 6.79 Å². The Balaban J connectivity index is -0.0000000771. The Hall–Kier alpha value is -0.370. The van der Waals surface area contributed by atoms with Crippen LogP contribution >= 0.6 is 0 Å². The molecule has 0 spiro atoms. The predicted octanol–water partition coefficient (Wildman–Crippen LogP) is 1.41. The molecule has 2 heteroatoms. The monoisotopic (exact) mass is 133 g/mol. The summed E-state index contributed by atoms with van der Waals surface area (Å²) in [5.74, 6) is 0. The molecule has 0 atom stereocenters. The summed E-state index contributed by atoms with van der Waals surface area (Å²) in [7, 11) is 4.11. The van der Waals surface area contributed by atoms with Gasteiger partial charge < -0.3 is 9.69 Å². The molecule has 0 aromatic heterocycles. The maximum atomic E-state index is 8.00. The Morgan fingerprint density at radius 1 is 1.22 bits per heavy atom. The van der Waals surface area contributed by atoms with E-state index in [-0.39, 0.29) is 0 Å². The van der Waals surface area contributed by atoms with Gasteiger partial charge in [-0.1, -0.05) is 20.8 Å². The highest BCUT2D eigenvalue weighted by atomic mass is 16.1. The van der Waals surface area contributed by atoms with Gasteiger partial charge in [0.25, 0.3) is 0 Å². The highest BCUT2D eigenvalue weighted by molar-refractivity contribution is 5.10. The molecule has 0 saturated heterocycles. The van der Waals surface area contributed by atoms with Crippen LogP contribution in [0.25, 0.3) is 0 Å². The van der Waals surface area contributed by atoms with E-state index in [1.807, 2.05) is 20.6 Å². The molecule has 0 radical (unpaired) electrons. The van der Waals surface area contributed by atoms with Crippen LogP contribution in [0.4, 0.5) is 0 Å². The molecule has 0 aliphatic rings. The summed E-state index contributed by atoms with van der Waals surface area (Å²) < 4.78 is 0. The van der Waals surface area contributed by atoms with E-state index in [9.17, 15) is 0 Å². The Labute approximate surface area is 58.9 Å². The summed E-state index contributed by atoms with van der Waals surface area (Å²) in [6.07, 6.45) is 0. The van der Waals surface area contributed by atoms with E-state index >= 15 is 0 Å². The van der Waals surface area contributed by atoms with Crippen LogP contribution in [0.1, 0.15) is 20.8 Å². The van der Waals surface area contributed by atoms with Crippen molar-refractivity contribution in [2.24, 2.45) is 0 Å². The molecular formula is C7H19NO. The second kappa shape index (κ2) is 25.5. The highest BCUT2D eigenvalue weighted by Crippen LogP contribution is 1.63. The van der Waals surface area contributed by atoms with Crippen LogP contribution in [-0.4, -0.2) is 32.3 Å². The van der Waals surface area contributed by atoms with E-state index in [0.29, 0.717) is 0 Å². The Kier molecular flexibility index (Phi) is 44.8. The van der Waals surface area contributed by atoms with Gasteiger partial charge in [-0.2, -0.15) is 0 Å². The molecule has 0 bridgehead atoms. The smallest absolute Gasteiger partial charge is 0.106 e. The zero-order chi connectivity index (χ0) is 8.28. The fraction of sp³-hybridized carbons (Fsp3) is 0.857. The standard InChI is InChI=1S/C4H11N.C2H6.CH2O/c1-4-5(2)3;2*1-2/h4H2,1-3H3;1-2H3;1H2. The first-order valence-corrected chi connectivity index (χ1v) is 3.21. The zero-order valence-electron chi connectivity index (χ0n) is 7.27. The van der Waals surface area contributed by atoms with Gasteiger partial charge in [-0.25, -0.2) is 0 Å². The van der Waals surface area contributed by atoms with Crippen molar-refractivity contribution in [1.82, 2.24) is 4.90 Å². The van der Waals surface area contributed by atoms with Gasteiger partial charge in [0.2, 0.25) is 0 Å². The van der Waals surface area contributed by atoms with E-state index < -0.39 is 0 Å². The molecule has 0 saturated carbocycles. The second-order valence-electron chi connectivity index (χ2n) is 1.40. The molecule has 0 fully saturated rings. The number of hydrogen-bond acceptors (Lipinski definition) is 2. The fourth-order valence-corrected chi connectivity index (χ4v) is 0. The van der Waals surface area contributed by atoms with E-state index in [1.165, 1.54) is 0 Å². The van der Waals surface area contributed by atoms with Gasteiger partial charge in [-0.15, -0.1) is 0 Å². The molecule has 0 rings (SSSR count). The molecule has 58 valence electrons. The molecule has 0 aliphatic carbocycles. The molecule has 2 nitrogen and oxygen atoms in total. The number of carbonyl (C=O) groups excluding carboxylic acids is 1. The first kappa shape index (κ1) is 15.9. The van der Waals surface area contributed by atoms with E-state index in [2.05, 4.69) is 25.9 Å². The minimum absolute atomic E-state index is 1.14. The van der Waals surface area contributed by atoms with Gasteiger partial charge in [0.05, 0.1) is 0 Å². The van der Waals surface area contributed by atoms with Crippen LogP contribution in [0.15, 0.2) is 0 Å². The minimum atomic E-state index is 1.14.